The van der Waals surface area contributed by atoms with Crippen molar-refractivity contribution in [3.63, 3.8) is 0 Å². The van der Waals surface area contributed by atoms with Crippen LogP contribution in [0, 0.1) is 18.3 Å². The van der Waals surface area contributed by atoms with E-state index in [1.807, 2.05) is 37.3 Å². The Balaban J connectivity index is 2.53. The highest BCUT2D eigenvalue weighted by molar-refractivity contribution is 6.30. The first-order valence-electron chi connectivity index (χ1n) is 6.69. The zero-order chi connectivity index (χ0) is 16.1. The Morgan fingerprint density at radius 2 is 1.82 bits per heavy atom. The number of rotatable bonds is 4. The van der Waals surface area contributed by atoms with Gasteiger partial charge in [-0.1, -0.05) is 23.7 Å². The number of benzene rings is 2. The lowest BCUT2D eigenvalue weighted by atomic mass is 10.0. The zero-order valence-corrected chi connectivity index (χ0v) is 13.4. The molecule has 0 spiro atoms. The third kappa shape index (κ3) is 3.41. The predicted molar refractivity (Wildman–Crippen MR) is 89.2 cm³/mol. The van der Waals surface area contributed by atoms with Crippen molar-refractivity contribution in [3.8, 4) is 17.6 Å². The van der Waals surface area contributed by atoms with Crippen molar-refractivity contribution in [2.75, 3.05) is 14.2 Å². The quantitative estimate of drug-likeness (QED) is 0.605. The molecule has 0 aromatic heterocycles. The van der Waals surface area contributed by atoms with Gasteiger partial charge < -0.3 is 9.47 Å². The molecule has 0 radical (unpaired) electrons. The first-order valence-corrected chi connectivity index (χ1v) is 7.07. The zero-order valence-electron chi connectivity index (χ0n) is 12.7. The summed E-state index contributed by atoms with van der Waals surface area (Å²) < 4.78 is 10.6. The van der Waals surface area contributed by atoms with E-state index in [1.165, 1.54) is 0 Å². The lowest BCUT2D eigenvalue weighted by Gasteiger charge is -2.11. The van der Waals surface area contributed by atoms with Crippen LogP contribution in [-0.4, -0.2) is 14.2 Å². The lowest BCUT2D eigenvalue weighted by Crippen LogP contribution is -1.93. The second-order valence-corrected chi connectivity index (χ2v) is 5.18. The van der Waals surface area contributed by atoms with Crippen LogP contribution in [0.2, 0.25) is 5.02 Å². The first kappa shape index (κ1) is 15.9. The van der Waals surface area contributed by atoms with Crippen molar-refractivity contribution in [2.45, 2.75) is 6.92 Å². The minimum atomic E-state index is 0.540. The number of aryl methyl sites for hydroxylation is 1. The molecule has 0 aliphatic rings. The number of halogens is 1. The Morgan fingerprint density at radius 3 is 2.41 bits per heavy atom. The summed E-state index contributed by atoms with van der Waals surface area (Å²) in [5.41, 5.74) is 3.21. The number of hydrogen-bond acceptors (Lipinski definition) is 3. The molecule has 0 saturated heterocycles. The summed E-state index contributed by atoms with van der Waals surface area (Å²) in [6.45, 7) is 1.96. The maximum absolute atomic E-state index is 9.43. The molecule has 0 fully saturated rings. The highest BCUT2D eigenvalue weighted by Crippen LogP contribution is 2.32. The molecular formula is C18H16ClNO2. The second kappa shape index (κ2) is 7.02. The molecule has 2 rings (SSSR count). The Morgan fingerprint density at radius 1 is 1.14 bits per heavy atom. The SMILES string of the molecule is COc1cc(C)c(/C=C(/C#N)c2cccc(Cl)c2)cc1OC. The Bertz CT molecular complexity index is 760. The molecule has 0 atom stereocenters. The van der Waals surface area contributed by atoms with Gasteiger partial charge in [0, 0.05) is 5.02 Å². The van der Waals surface area contributed by atoms with E-state index in [9.17, 15) is 5.26 Å². The molecule has 0 aliphatic carbocycles. The summed E-state index contributed by atoms with van der Waals surface area (Å²) in [6, 6.07) is 13.2. The molecule has 0 saturated carbocycles. The highest BCUT2D eigenvalue weighted by Gasteiger charge is 2.09. The number of methoxy groups -OCH3 is 2. The van der Waals surface area contributed by atoms with E-state index in [4.69, 9.17) is 21.1 Å². The monoisotopic (exact) mass is 313 g/mol. The molecule has 2 aromatic carbocycles. The topological polar surface area (TPSA) is 42.2 Å². The van der Waals surface area contributed by atoms with Crippen molar-refractivity contribution >= 4 is 23.3 Å². The van der Waals surface area contributed by atoms with Crippen molar-refractivity contribution in [3.05, 3.63) is 58.1 Å². The minimum Gasteiger partial charge on any atom is -0.493 e. The molecular weight excluding hydrogens is 298 g/mol. The van der Waals surface area contributed by atoms with E-state index in [2.05, 4.69) is 6.07 Å². The molecule has 0 bridgehead atoms. The Hall–Kier alpha value is -2.44. The van der Waals surface area contributed by atoms with Gasteiger partial charge in [0.1, 0.15) is 0 Å². The van der Waals surface area contributed by atoms with Crippen molar-refractivity contribution in [1.82, 2.24) is 0 Å². The Labute approximate surface area is 135 Å². The molecule has 0 unspecified atom stereocenters. The average molecular weight is 314 g/mol. The van der Waals surface area contributed by atoms with Gasteiger partial charge in [-0.25, -0.2) is 0 Å². The third-order valence-corrected chi connectivity index (χ3v) is 3.56. The normalized spacial score (nSPS) is 11.0. The highest BCUT2D eigenvalue weighted by atomic mass is 35.5. The summed E-state index contributed by atoms with van der Waals surface area (Å²) in [7, 11) is 3.18. The maximum Gasteiger partial charge on any atom is 0.161 e. The van der Waals surface area contributed by atoms with E-state index < -0.39 is 0 Å². The summed E-state index contributed by atoms with van der Waals surface area (Å²) in [5.74, 6) is 1.29. The summed E-state index contributed by atoms with van der Waals surface area (Å²) in [5, 5.41) is 10.0. The van der Waals surface area contributed by atoms with Gasteiger partial charge in [0.05, 0.1) is 25.9 Å². The number of nitrogens with zero attached hydrogens (tertiary/aromatic N) is 1. The molecule has 0 heterocycles. The van der Waals surface area contributed by atoms with Crippen LogP contribution < -0.4 is 9.47 Å². The van der Waals surface area contributed by atoms with E-state index in [1.54, 1.807) is 26.4 Å². The molecule has 4 heteroatoms. The van der Waals surface area contributed by atoms with Crippen LogP contribution >= 0.6 is 11.6 Å². The third-order valence-electron chi connectivity index (χ3n) is 3.33. The lowest BCUT2D eigenvalue weighted by molar-refractivity contribution is 0.354. The number of allylic oxidation sites excluding steroid dienone is 1. The van der Waals surface area contributed by atoms with Crippen molar-refractivity contribution < 1.29 is 9.47 Å². The van der Waals surface area contributed by atoms with Crippen LogP contribution in [0.25, 0.3) is 11.6 Å². The standard InChI is InChI=1S/C18H16ClNO2/c1-12-7-17(21-2)18(22-3)10-14(12)8-15(11-20)13-5-4-6-16(19)9-13/h4-10H,1-3H3/b15-8-. The van der Waals surface area contributed by atoms with Gasteiger partial charge in [-0.05, 0) is 54.0 Å². The van der Waals surface area contributed by atoms with Crippen LogP contribution in [-0.2, 0) is 0 Å². The van der Waals surface area contributed by atoms with Gasteiger partial charge >= 0.3 is 0 Å². The Kier molecular flexibility index (Phi) is 5.08. The molecule has 0 aliphatic heterocycles. The molecule has 0 N–H and O–H groups in total. The van der Waals surface area contributed by atoms with Crippen LogP contribution in [0.3, 0.4) is 0 Å². The largest absolute Gasteiger partial charge is 0.493 e. The molecule has 112 valence electrons. The second-order valence-electron chi connectivity index (χ2n) is 4.74. The van der Waals surface area contributed by atoms with Crippen molar-refractivity contribution in [1.29, 1.82) is 5.26 Å². The summed E-state index contributed by atoms with van der Waals surface area (Å²) >= 11 is 5.99. The fourth-order valence-electron chi connectivity index (χ4n) is 2.14. The summed E-state index contributed by atoms with van der Waals surface area (Å²) in [6.07, 6.45) is 1.82. The van der Waals surface area contributed by atoms with E-state index >= 15 is 0 Å². The maximum atomic E-state index is 9.43. The number of hydrogen-bond donors (Lipinski definition) is 0. The smallest absolute Gasteiger partial charge is 0.161 e. The van der Waals surface area contributed by atoms with Crippen LogP contribution in [0.15, 0.2) is 36.4 Å². The van der Waals surface area contributed by atoms with Gasteiger partial charge in [0.25, 0.3) is 0 Å². The average Bonchev–Trinajstić information content (AvgIpc) is 2.53. The fourth-order valence-corrected chi connectivity index (χ4v) is 2.33. The molecule has 2 aromatic rings. The molecule has 3 nitrogen and oxygen atoms in total. The predicted octanol–water partition coefficient (Wildman–Crippen LogP) is 4.73. The van der Waals surface area contributed by atoms with Gasteiger partial charge in [0.15, 0.2) is 11.5 Å². The van der Waals surface area contributed by atoms with E-state index in [0.29, 0.717) is 22.1 Å². The van der Waals surface area contributed by atoms with Crippen molar-refractivity contribution in [2.24, 2.45) is 0 Å². The van der Waals surface area contributed by atoms with Gasteiger partial charge in [-0.2, -0.15) is 5.26 Å². The number of ether oxygens (including phenoxy) is 2. The first-order chi connectivity index (χ1) is 10.6. The van der Waals surface area contributed by atoms with Gasteiger partial charge in [0.2, 0.25) is 0 Å². The molecule has 0 amide bonds. The minimum absolute atomic E-state index is 0.540. The van der Waals surface area contributed by atoms with Crippen LogP contribution in [0.5, 0.6) is 11.5 Å². The van der Waals surface area contributed by atoms with E-state index in [0.717, 1.165) is 16.7 Å². The summed E-state index contributed by atoms with van der Waals surface area (Å²) in [4.78, 5) is 0. The fraction of sp³-hybridized carbons (Fsp3) is 0.167. The van der Waals surface area contributed by atoms with Gasteiger partial charge in [-0.15, -0.1) is 0 Å². The van der Waals surface area contributed by atoms with Crippen LogP contribution in [0.1, 0.15) is 16.7 Å². The van der Waals surface area contributed by atoms with Gasteiger partial charge in [-0.3, -0.25) is 0 Å². The number of nitriles is 1. The van der Waals surface area contributed by atoms with Crippen LogP contribution in [0.4, 0.5) is 0 Å². The molecule has 22 heavy (non-hydrogen) atoms. The van der Waals surface area contributed by atoms with E-state index in [-0.39, 0.29) is 0 Å².